The highest BCUT2D eigenvalue weighted by Crippen LogP contribution is 2.17. The van der Waals surface area contributed by atoms with Crippen molar-refractivity contribution < 1.29 is 4.79 Å². The van der Waals surface area contributed by atoms with Crippen LogP contribution in [0.1, 0.15) is 31.5 Å². The minimum absolute atomic E-state index is 0.228. The second-order valence-corrected chi connectivity index (χ2v) is 3.85. The standard InChI is InChI=1S/C10H14N4O/c1-14-12-10(11-13-14)7-8-4-2-3-5-9(15)6-8/h6H,2-5,7H2,1H3. The fourth-order valence-corrected chi connectivity index (χ4v) is 1.76. The van der Waals surface area contributed by atoms with Crippen LogP contribution in [0.5, 0.6) is 0 Å². The van der Waals surface area contributed by atoms with E-state index in [1.807, 2.05) is 0 Å². The van der Waals surface area contributed by atoms with Crippen LogP contribution < -0.4 is 0 Å². The van der Waals surface area contributed by atoms with Gasteiger partial charge in [0.1, 0.15) is 0 Å². The Kier molecular flexibility index (Phi) is 2.89. The fraction of sp³-hybridized carbons (Fsp3) is 0.600. The number of hydrogen-bond donors (Lipinski definition) is 0. The number of ketones is 1. The fourth-order valence-electron chi connectivity index (χ4n) is 1.76. The van der Waals surface area contributed by atoms with E-state index in [2.05, 4.69) is 15.4 Å². The molecule has 0 aliphatic heterocycles. The molecule has 0 N–H and O–H groups in total. The van der Waals surface area contributed by atoms with Crippen molar-refractivity contribution in [2.75, 3.05) is 0 Å². The Hall–Kier alpha value is -1.52. The zero-order valence-corrected chi connectivity index (χ0v) is 8.81. The molecule has 0 aromatic carbocycles. The predicted molar refractivity (Wildman–Crippen MR) is 54.1 cm³/mol. The predicted octanol–water partition coefficient (Wildman–Crippen LogP) is 0.822. The van der Waals surface area contributed by atoms with Gasteiger partial charge in [-0.05, 0) is 30.6 Å². The highest BCUT2D eigenvalue weighted by atomic mass is 16.1. The molecular weight excluding hydrogens is 192 g/mol. The van der Waals surface area contributed by atoms with Crippen LogP contribution in [0.25, 0.3) is 0 Å². The Morgan fingerprint density at radius 1 is 1.40 bits per heavy atom. The number of tetrazole rings is 1. The molecule has 0 bridgehead atoms. The Balaban J connectivity index is 2.07. The molecule has 80 valence electrons. The lowest BCUT2D eigenvalue weighted by Gasteiger charge is -1.99. The highest BCUT2D eigenvalue weighted by Gasteiger charge is 2.11. The van der Waals surface area contributed by atoms with Crippen LogP contribution >= 0.6 is 0 Å². The van der Waals surface area contributed by atoms with E-state index in [1.165, 1.54) is 4.80 Å². The van der Waals surface area contributed by atoms with Crippen LogP contribution in [-0.4, -0.2) is 26.0 Å². The summed E-state index contributed by atoms with van der Waals surface area (Å²) in [4.78, 5) is 12.8. The molecule has 5 nitrogen and oxygen atoms in total. The molecule has 0 saturated heterocycles. The van der Waals surface area contributed by atoms with Crippen molar-refractivity contribution in [3.8, 4) is 0 Å². The van der Waals surface area contributed by atoms with Crippen LogP contribution in [0, 0.1) is 0 Å². The van der Waals surface area contributed by atoms with Crippen molar-refractivity contribution in [1.29, 1.82) is 0 Å². The van der Waals surface area contributed by atoms with Gasteiger partial charge >= 0.3 is 0 Å². The van der Waals surface area contributed by atoms with Gasteiger partial charge in [-0.3, -0.25) is 4.79 Å². The summed E-state index contributed by atoms with van der Waals surface area (Å²) >= 11 is 0. The molecule has 0 spiro atoms. The number of nitrogens with zero attached hydrogens (tertiary/aromatic N) is 4. The Labute approximate surface area is 88.2 Å². The van der Waals surface area contributed by atoms with E-state index in [0.29, 0.717) is 18.7 Å². The Morgan fingerprint density at radius 2 is 2.20 bits per heavy atom. The SMILES string of the molecule is Cn1nnc(CC2=CC(=O)CCCC2)n1. The minimum Gasteiger partial charge on any atom is -0.295 e. The van der Waals surface area contributed by atoms with Gasteiger partial charge in [-0.1, -0.05) is 5.57 Å². The lowest BCUT2D eigenvalue weighted by Crippen LogP contribution is -1.97. The molecule has 0 saturated carbocycles. The van der Waals surface area contributed by atoms with Gasteiger partial charge in [-0.2, -0.15) is 4.80 Å². The Bertz CT molecular complexity index is 394. The first-order valence-corrected chi connectivity index (χ1v) is 5.19. The third-order valence-corrected chi connectivity index (χ3v) is 2.47. The number of allylic oxidation sites excluding steroid dienone is 2. The second-order valence-electron chi connectivity index (χ2n) is 3.85. The van der Waals surface area contributed by atoms with Gasteiger partial charge in [0.2, 0.25) is 0 Å². The highest BCUT2D eigenvalue weighted by molar-refractivity contribution is 5.90. The first kappa shape index (κ1) is 10.0. The maximum Gasteiger partial charge on any atom is 0.178 e. The van der Waals surface area contributed by atoms with E-state index < -0.39 is 0 Å². The molecule has 0 fully saturated rings. The quantitative estimate of drug-likeness (QED) is 0.718. The number of rotatable bonds is 2. The number of aryl methyl sites for hydroxylation is 1. The van der Waals surface area contributed by atoms with Crippen molar-refractivity contribution in [2.24, 2.45) is 7.05 Å². The van der Waals surface area contributed by atoms with Crippen molar-refractivity contribution in [3.05, 3.63) is 17.5 Å². The zero-order chi connectivity index (χ0) is 10.7. The molecule has 0 atom stereocenters. The van der Waals surface area contributed by atoms with E-state index in [1.54, 1.807) is 13.1 Å². The van der Waals surface area contributed by atoms with Crippen LogP contribution in [0.2, 0.25) is 0 Å². The molecule has 1 aliphatic carbocycles. The summed E-state index contributed by atoms with van der Waals surface area (Å²) in [5.41, 5.74) is 1.13. The van der Waals surface area contributed by atoms with E-state index >= 15 is 0 Å². The number of carbonyl (C=O) groups excluding carboxylic acids is 1. The van der Waals surface area contributed by atoms with Gasteiger partial charge in [0.25, 0.3) is 0 Å². The van der Waals surface area contributed by atoms with Crippen molar-refractivity contribution in [1.82, 2.24) is 20.2 Å². The van der Waals surface area contributed by atoms with E-state index in [-0.39, 0.29) is 5.78 Å². The zero-order valence-electron chi connectivity index (χ0n) is 8.81. The van der Waals surface area contributed by atoms with Crippen molar-refractivity contribution in [3.63, 3.8) is 0 Å². The van der Waals surface area contributed by atoms with Crippen molar-refractivity contribution in [2.45, 2.75) is 32.1 Å². The minimum atomic E-state index is 0.228. The van der Waals surface area contributed by atoms with E-state index in [4.69, 9.17) is 0 Å². The molecule has 1 aromatic heterocycles. The summed E-state index contributed by atoms with van der Waals surface area (Å²) < 4.78 is 0. The first-order valence-electron chi connectivity index (χ1n) is 5.19. The van der Waals surface area contributed by atoms with Gasteiger partial charge in [0.05, 0.1) is 7.05 Å². The maximum atomic E-state index is 11.4. The van der Waals surface area contributed by atoms with Crippen molar-refractivity contribution >= 4 is 5.78 Å². The molecule has 1 aliphatic rings. The lowest BCUT2D eigenvalue weighted by molar-refractivity contribution is -0.114. The van der Waals surface area contributed by atoms with Gasteiger partial charge in [-0.25, -0.2) is 0 Å². The number of carbonyl (C=O) groups is 1. The molecular formula is C10H14N4O. The smallest absolute Gasteiger partial charge is 0.178 e. The average Bonchev–Trinajstić information content (AvgIpc) is 2.46. The molecule has 15 heavy (non-hydrogen) atoms. The largest absolute Gasteiger partial charge is 0.295 e. The molecule has 0 amide bonds. The van der Waals surface area contributed by atoms with Gasteiger partial charge < -0.3 is 0 Å². The van der Waals surface area contributed by atoms with Gasteiger partial charge in [0.15, 0.2) is 11.6 Å². The Morgan fingerprint density at radius 3 is 2.93 bits per heavy atom. The van der Waals surface area contributed by atoms with Gasteiger partial charge in [0, 0.05) is 12.8 Å². The van der Waals surface area contributed by atoms with E-state index in [9.17, 15) is 4.79 Å². The summed E-state index contributed by atoms with van der Waals surface area (Å²) in [6.07, 6.45) is 6.13. The van der Waals surface area contributed by atoms with Crippen LogP contribution in [0.4, 0.5) is 0 Å². The summed E-state index contributed by atoms with van der Waals surface area (Å²) in [6.45, 7) is 0. The topological polar surface area (TPSA) is 60.7 Å². The second kappa shape index (κ2) is 4.33. The molecule has 1 aromatic rings. The lowest BCUT2D eigenvalue weighted by atomic mass is 10.1. The van der Waals surface area contributed by atoms with E-state index in [0.717, 1.165) is 24.8 Å². The number of aromatic nitrogens is 4. The molecule has 1 heterocycles. The first-order chi connectivity index (χ1) is 7.24. The molecule has 2 rings (SSSR count). The summed E-state index contributed by atoms with van der Waals surface area (Å²) in [5, 5.41) is 11.8. The normalized spacial score (nSPS) is 17.4. The van der Waals surface area contributed by atoms with Crippen LogP contribution in [0.15, 0.2) is 11.6 Å². The molecule has 0 radical (unpaired) electrons. The van der Waals surface area contributed by atoms with Crippen LogP contribution in [0.3, 0.4) is 0 Å². The summed E-state index contributed by atoms with van der Waals surface area (Å²) in [5.74, 6) is 0.921. The third kappa shape index (κ3) is 2.71. The summed E-state index contributed by atoms with van der Waals surface area (Å²) in [6, 6.07) is 0. The summed E-state index contributed by atoms with van der Waals surface area (Å²) in [7, 11) is 1.74. The van der Waals surface area contributed by atoms with Gasteiger partial charge in [-0.15, -0.1) is 10.2 Å². The maximum absolute atomic E-state index is 11.4. The number of hydrogen-bond acceptors (Lipinski definition) is 4. The monoisotopic (exact) mass is 206 g/mol. The molecule has 5 heteroatoms. The molecule has 0 unspecified atom stereocenters. The van der Waals surface area contributed by atoms with Crippen LogP contribution in [-0.2, 0) is 18.3 Å². The third-order valence-electron chi connectivity index (χ3n) is 2.47. The average molecular weight is 206 g/mol.